The number of ether oxygens (including phenoxy) is 1. The van der Waals surface area contributed by atoms with Crippen LogP contribution in [0.1, 0.15) is 17.7 Å². The number of hydrogen-bond donors (Lipinski definition) is 2. The predicted molar refractivity (Wildman–Crippen MR) is 68.7 cm³/mol. The first-order valence-electron chi connectivity index (χ1n) is 6.35. The fourth-order valence-corrected chi connectivity index (χ4v) is 3.67. The van der Waals surface area contributed by atoms with Crippen LogP contribution in [0.15, 0.2) is 17.5 Å². The van der Waals surface area contributed by atoms with Crippen LogP contribution in [0.3, 0.4) is 0 Å². The van der Waals surface area contributed by atoms with Crippen LogP contribution in [0.5, 0.6) is 0 Å². The third kappa shape index (κ3) is 2.26. The lowest BCUT2D eigenvalue weighted by Crippen LogP contribution is -2.43. The minimum Gasteiger partial charge on any atom is -0.481 e. The number of amides is 1. The lowest BCUT2D eigenvalue weighted by molar-refractivity contribution is -0.147. The van der Waals surface area contributed by atoms with Gasteiger partial charge in [0.25, 0.3) is 0 Å². The van der Waals surface area contributed by atoms with Gasteiger partial charge >= 0.3 is 5.97 Å². The van der Waals surface area contributed by atoms with E-state index in [2.05, 4.69) is 5.32 Å². The van der Waals surface area contributed by atoms with E-state index in [-0.39, 0.29) is 18.1 Å². The molecular weight excluding hydrogens is 266 g/mol. The standard InChI is InChI=1S/C13H15NO4S/c15-12(14-6-7-2-1-5-19-7)10-8-3-4-9(18-8)11(10)13(16)17/h1-2,5,8-11H,3-4,6H2,(H,14,15)(H,16,17)/t8-,9-,10+,11+/m1/s1. The molecule has 0 aliphatic carbocycles. The maximum Gasteiger partial charge on any atom is 0.310 e. The average Bonchev–Trinajstić information content (AvgIpc) is 3.10. The molecule has 1 aromatic rings. The molecule has 2 fully saturated rings. The van der Waals surface area contributed by atoms with Gasteiger partial charge in [0.2, 0.25) is 5.91 Å². The molecule has 3 heterocycles. The van der Waals surface area contributed by atoms with E-state index in [0.29, 0.717) is 6.54 Å². The lowest BCUT2D eigenvalue weighted by atomic mass is 9.79. The molecule has 0 aromatic carbocycles. The van der Waals surface area contributed by atoms with E-state index in [1.807, 2.05) is 17.5 Å². The van der Waals surface area contributed by atoms with Crippen molar-refractivity contribution in [2.45, 2.75) is 31.6 Å². The quantitative estimate of drug-likeness (QED) is 0.870. The van der Waals surface area contributed by atoms with E-state index in [0.717, 1.165) is 17.7 Å². The Bertz CT molecular complexity index is 487. The van der Waals surface area contributed by atoms with Gasteiger partial charge in [-0.15, -0.1) is 11.3 Å². The van der Waals surface area contributed by atoms with E-state index < -0.39 is 17.8 Å². The number of rotatable bonds is 4. The highest BCUT2D eigenvalue weighted by atomic mass is 32.1. The zero-order chi connectivity index (χ0) is 13.4. The van der Waals surface area contributed by atoms with Crippen LogP contribution in [-0.2, 0) is 20.9 Å². The second-order valence-electron chi connectivity index (χ2n) is 4.98. The predicted octanol–water partition coefficient (Wildman–Crippen LogP) is 1.24. The van der Waals surface area contributed by atoms with Gasteiger partial charge in [0.05, 0.1) is 30.6 Å². The number of carbonyl (C=O) groups is 2. The molecule has 2 aliphatic heterocycles. The molecule has 2 saturated heterocycles. The Labute approximate surface area is 114 Å². The molecule has 2 aliphatic rings. The maximum atomic E-state index is 12.2. The van der Waals surface area contributed by atoms with Crippen LogP contribution in [0.25, 0.3) is 0 Å². The second-order valence-corrected chi connectivity index (χ2v) is 6.01. The molecule has 6 heteroatoms. The summed E-state index contributed by atoms with van der Waals surface area (Å²) in [6.45, 7) is 0.455. The van der Waals surface area contributed by atoms with Gasteiger partial charge in [-0.2, -0.15) is 0 Å². The van der Waals surface area contributed by atoms with E-state index >= 15 is 0 Å². The monoisotopic (exact) mass is 281 g/mol. The van der Waals surface area contributed by atoms with Crippen LogP contribution in [0, 0.1) is 11.8 Å². The van der Waals surface area contributed by atoms with Gasteiger partial charge in [0.15, 0.2) is 0 Å². The zero-order valence-corrected chi connectivity index (χ0v) is 11.1. The van der Waals surface area contributed by atoms with Crippen LogP contribution >= 0.6 is 11.3 Å². The molecule has 0 radical (unpaired) electrons. The molecule has 102 valence electrons. The molecule has 4 atom stereocenters. The van der Waals surface area contributed by atoms with Crippen molar-refractivity contribution in [3.63, 3.8) is 0 Å². The highest BCUT2D eigenvalue weighted by Gasteiger charge is 2.55. The summed E-state index contributed by atoms with van der Waals surface area (Å²) in [5, 5.41) is 14.0. The third-order valence-corrected chi connectivity index (χ3v) is 4.75. The summed E-state index contributed by atoms with van der Waals surface area (Å²) in [5.41, 5.74) is 0. The lowest BCUT2D eigenvalue weighted by Gasteiger charge is -2.23. The molecule has 19 heavy (non-hydrogen) atoms. The first-order valence-corrected chi connectivity index (χ1v) is 7.23. The molecule has 1 amide bonds. The molecule has 2 N–H and O–H groups in total. The molecule has 2 bridgehead atoms. The van der Waals surface area contributed by atoms with Crippen molar-refractivity contribution in [3.05, 3.63) is 22.4 Å². The van der Waals surface area contributed by atoms with Gasteiger partial charge in [-0.3, -0.25) is 9.59 Å². The van der Waals surface area contributed by atoms with E-state index in [9.17, 15) is 14.7 Å². The topological polar surface area (TPSA) is 75.6 Å². The summed E-state index contributed by atoms with van der Waals surface area (Å²) in [5.74, 6) is -2.37. The number of carbonyl (C=O) groups excluding carboxylic acids is 1. The summed E-state index contributed by atoms with van der Waals surface area (Å²) in [6.07, 6.45) is 1.01. The Morgan fingerprint density at radius 2 is 2.11 bits per heavy atom. The Morgan fingerprint density at radius 1 is 1.37 bits per heavy atom. The first kappa shape index (κ1) is 12.6. The van der Waals surface area contributed by atoms with Gasteiger partial charge in [0.1, 0.15) is 0 Å². The summed E-state index contributed by atoms with van der Waals surface area (Å²) in [4.78, 5) is 24.5. The molecule has 1 aromatic heterocycles. The zero-order valence-electron chi connectivity index (χ0n) is 10.2. The molecule has 5 nitrogen and oxygen atoms in total. The fourth-order valence-electron chi connectivity index (χ4n) is 3.03. The number of thiophene rings is 1. The minimum atomic E-state index is -0.927. The Morgan fingerprint density at radius 3 is 2.74 bits per heavy atom. The number of carboxylic acids is 1. The summed E-state index contributed by atoms with van der Waals surface area (Å²) >= 11 is 1.57. The van der Waals surface area contributed by atoms with Crippen molar-refractivity contribution in [2.24, 2.45) is 11.8 Å². The number of carboxylic acid groups (broad SMARTS) is 1. The fraction of sp³-hybridized carbons (Fsp3) is 0.538. The van der Waals surface area contributed by atoms with E-state index in [4.69, 9.17) is 4.74 Å². The van der Waals surface area contributed by atoms with Crippen LogP contribution in [-0.4, -0.2) is 29.2 Å². The van der Waals surface area contributed by atoms with Crippen molar-refractivity contribution >= 4 is 23.2 Å². The Hall–Kier alpha value is -1.40. The second kappa shape index (κ2) is 4.94. The van der Waals surface area contributed by atoms with Crippen LogP contribution in [0.2, 0.25) is 0 Å². The Balaban J connectivity index is 1.66. The van der Waals surface area contributed by atoms with E-state index in [1.54, 1.807) is 11.3 Å². The summed E-state index contributed by atoms with van der Waals surface area (Å²) in [7, 11) is 0. The molecule has 0 spiro atoms. The Kier molecular flexibility index (Phi) is 3.28. The smallest absolute Gasteiger partial charge is 0.310 e. The van der Waals surface area contributed by atoms with Crippen molar-refractivity contribution in [2.75, 3.05) is 0 Å². The third-order valence-electron chi connectivity index (χ3n) is 3.88. The van der Waals surface area contributed by atoms with Gasteiger partial charge in [-0.25, -0.2) is 0 Å². The summed E-state index contributed by atoms with van der Waals surface area (Å²) in [6, 6.07) is 3.86. The van der Waals surface area contributed by atoms with Crippen molar-refractivity contribution < 1.29 is 19.4 Å². The van der Waals surface area contributed by atoms with Gasteiger partial charge in [-0.1, -0.05) is 6.07 Å². The van der Waals surface area contributed by atoms with Crippen LogP contribution in [0.4, 0.5) is 0 Å². The normalized spacial score (nSPS) is 32.4. The summed E-state index contributed by atoms with van der Waals surface area (Å²) < 4.78 is 5.58. The highest BCUT2D eigenvalue weighted by Crippen LogP contribution is 2.43. The first-order chi connectivity index (χ1) is 9.16. The SMILES string of the molecule is O=C(O)[C@@H]1[C@@H](C(=O)NCc2cccs2)[C@H]2CC[C@H]1O2. The van der Waals surface area contributed by atoms with Crippen molar-refractivity contribution in [1.82, 2.24) is 5.32 Å². The minimum absolute atomic E-state index is 0.201. The van der Waals surface area contributed by atoms with Crippen LogP contribution < -0.4 is 5.32 Å². The number of aliphatic carboxylic acids is 1. The molecule has 3 rings (SSSR count). The van der Waals surface area contributed by atoms with Gasteiger partial charge in [0, 0.05) is 4.88 Å². The van der Waals surface area contributed by atoms with Gasteiger partial charge < -0.3 is 15.2 Å². The van der Waals surface area contributed by atoms with Gasteiger partial charge in [-0.05, 0) is 24.3 Å². The highest BCUT2D eigenvalue weighted by molar-refractivity contribution is 7.09. The number of fused-ring (bicyclic) bond motifs is 2. The molecular formula is C13H15NO4S. The number of hydrogen-bond acceptors (Lipinski definition) is 4. The maximum absolute atomic E-state index is 12.2. The number of nitrogens with one attached hydrogen (secondary N) is 1. The largest absolute Gasteiger partial charge is 0.481 e. The van der Waals surface area contributed by atoms with E-state index in [1.165, 1.54) is 0 Å². The molecule has 0 saturated carbocycles. The average molecular weight is 281 g/mol. The molecule has 0 unspecified atom stereocenters. The van der Waals surface area contributed by atoms with Crippen molar-refractivity contribution in [3.8, 4) is 0 Å². The van der Waals surface area contributed by atoms with Crippen molar-refractivity contribution in [1.29, 1.82) is 0 Å².